The average molecular weight is 260 g/mol. The maximum Gasteiger partial charge on any atom is 0.416 e. The monoisotopic (exact) mass is 260 g/mol. The predicted molar refractivity (Wildman–Crippen MR) is 63.8 cm³/mol. The Balaban J connectivity index is 2.02. The van der Waals surface area contributed by atoms with Gasteiger partial charge < -0.3 is 10.6 Å². The molecule has 0 aromatic heterocycles. The van der Waals surface area contributed by atoms with Gasteiger partial charge in [-0.1, -0.05) is 6.07 Å². The van der Waals surface area contributed by atoms with Gasteiger partial charge in [-0.05, 0) is 43.3 Å². The number of benzene rings is 1. The van der Waals surface area contributed by atoms with Gasteiger partial charge in [0.1, 0.15) is 0 Å². The quantitative estimate of drug-likeness (QED) is 0.799. The topological polar surface area (TPSA) is 24.1 Å². The van der Waals surface area contributed by atoms with Gasteiger partial charge in [-0.25, -0.2) is 0 Å². The highest BCUT2D eigenvalue weighted by molar-refractivity contribution is 7.80. The zero-order valence-corrected chi connectivity index (χ0v) is 9.66. The molecule has 2 rings (SSSR count). The molecule has 0 bridgehead atoms. The summed E-state index contributed by atoms with van der Waals surface area (Å²) in [7, 11) is 0. The summed E-state index contributed by atoms with van der Waals surface area (Å²) in [6.45, 7) is 0. The molecule has 0 saturated heterocycles. The summed E-state index contributed by atoms with van der Waals surface area (Å²) in [6, 6.07) is 5.35. The van der Waals surface area contributed by atoms with Gasteiger partial charge in [0.25, 0.3) is 0 Å². The van der Waals surface area contributed by atoms with E-state index in [9.17, 15) is 13.2 Å². The Hall–Kier alpha value is -1.30. The maximum atomic E-state index is 12.4. The van der Waals surface area contributed by atoms with Crippen LogP contribution in [-0.4, -0.2) is 11.2 Å². The standard InChI is InChI=1S/C11H11F3N2S/c12-11(13,14)7-2-1-3-9(6-7)16-10(17)15-8-4-5-8/h1-3,6,8H,4-5H2,(H2,15,16,17). The summed E-state index contributed by atoms with van der Waals surface area (Å²) >= 11 is 4.99. The number of rotatable bonds is 2. The van der Waals surface area contributed by atoms with E-state index < -0.39 is 11.7 Å². The van der Waals surface area contributed by atoms with Crippen LogP contribution in [0.25, 0.3) is 0 Å². The van der Waals surface area contributed by atoms with Crippen LogP contribution in [0.4, 0.5) is 18.9 Å². The smallest absolute Gasteiger partial charge is 0.360 e. The van der Waals surface area contributed by atoms with Crippen LogP contribution in [0.5, 0.6) is 0 Å². The highest BCUT2D eigenvalue weighted by atomic mass is 32.1. The molecular weight excluding hydrogens is 249 g/mol. The van der Waals surface area contributed by atoms with Gasteiger partial charge in [-0.15, -0.1) is 0 Å². The molecule has 6 heteroatoms. The summed E-state index contributed by atoms with van der Waals surface area (Å²) in [4.78, 5) is 0. The van der Waals surface area contributed by atoms with Crippen molar-refractivity contribution in [2.24, 2.45) is 0 Å². The van der Waals surface area contributed by atoms with Gasteiger partial charge >= 0.3 is 6.18 Å². The lowest BCUT2D eigenvalue weighted by Gasteiger charge is -2.12. The normalized spacial score (nSPS) is 15.5. The van der Waals surface area contributed by atoms with Crippen molar-refractivity contribution in [2.45, 2.75) is 25.1 Å². The van der Waals surface area contributed by atoms with Crippen molar-refractivity contribution >= 4 is 23.0 Å². The average Bonchev–Trinajstić information content (AvgIpc) is 3.00. The van der Waals surface area contributed by atoms with Gasteiger partial charge in [-0.3, -0.25) is 0 Å². The molecule has 2 N–H and O–H groups in total. The van der Waals surface area contributed by atoms with Gasteiger partial charge in [-0.2, -0.15) is 13.2 Å². The van der Waals surface area contributed by atoms with E-state index >= 15 is 0 Å². The minimum Gasteiger partial charge on any atom is -0.360 e. The minimum absolute atomic E-state index is 0.345. The summed E-state index contributed by atoms with van der Waals surface area (Å²) in [5.41, 5.74) is -0.338. The predicted octanol–water partition coefficient (Wildman–Crippen LogP) is 3.15. The van der Waals surface area contributed by atoms with Crippen LogP contribution in [0.1, 0.15) is 18.4 Å². The van der Waals surface area contributed by atoms with E-state index in [1.807, 2.05) is 0 Å². The van der Waals surface area contributed by atoms with Gasteiger partial charge in [0.2, 0.25) is 0 Å². The summed E-state index contributed by atoms with van der Waals surface area (Å²) in [5, 5.41) is 6.11. The second-order valence-corrected chi connectivity index (χ2v) is 4.36. The Kier molecular flexibility index (Phi) is 3.24. The Morgan fingerprint density at radius 3 is 2.59 bits per heavy atom. The lowest BCUT2D eigenvalue weighted by Crippen LogP contribution is -2.30. The van der Waals surface area contributed by atoms with Crippen LogP contribution in [0.2, 0.25) is 0 Å². The SMILES string of the molecule is FC(F)(F)c1cccc(NC(=S)NC2CC2)c1. The molecule has 0 radical (unpaired) electrons. The minimum atomic E-state index is -4.33. The number of halogens is 3. The summed E-state index contributed by atoms with van der Waals surface area (Å²) < 4.78 is 37.3. The Morgan fingerprint density at radius 1 is 1.29 bits per heavy atom. The Morgan fingerprint density at radius 2 is 2.00 bits per heavy atom. The molecule has 1 aromatic rings. The van der Waals surface area contributed by atoms with E-state index in [0.29, 0.717) is 16.8 Å². The zero-order valence-electron chi connectivity index (χ0n) is 8.84. The van der Waals surface area contributed by atoms with Crippen LogP contribution in [0, 0.1) is 0 Å². The number of anilines is 1. The second-order valence-electron chi connectivity index (χ2n) is 3.95. The largest absolute Gasteiger partial charge is 0.416 e. The first kappa shape index (κ1) is 12.2. The highest BCUT2D eigenvalue weighted by Gasteiger charge is 2.30. The fraction of sp³-hybridized carbons (Fsp3) is 0.364. The van der Waals surface area contributed by atoms with E-state index in [2.05, 4.69) is 10.6 Å². The number of nitrogens with one attached hydrogen (secondary N) is 2. The molecule has 2 nitrogen and oxygen atoms in total. The van der Waals surface area contributed by atoms with Gasteiger partial charge in [0, 0.05) is 11.7 Å². The van der Waals surface area contributed by atoms with Crippen molar-refractivity contribution < 1.29 is 13.2 Å². The van der Waals surface area contributed by atoms with Crippen molar-refractivity contribution in [3.8, 4) is 0 Å². The highest BCUT2D eigenvalue weighted by Crippen LogP contribution is 2.30. The molecule has 17 heavy (non-hydrogen) atoms. The molecule has 1 aliphatic rings. The molecule has 1 fully saturated rings. The Labute approximate surface area is 102 Å². The maximum absolute atomic E-state index is 12.4. The first-order chi connectivity index (χ1) is 7.95. The van der Waals surface area contributed by atoms with E-state index in [0.717, 1.165) is 25.0 Å². The van der Waals surface area contributed by atoms with Crippen molar-refractivity contribution in [3.05, 3.63) is 29.8 Å². The van der Waals surface area contributed by atoms with Crippen molar-refractivity contribution in [2.75, 3.05) is 5.32 Å². The molecule has 0 atom stereocenters. The third-order valence-electron chi connectivity index (χ3n) is 2.36. The summed E-state index contributed by atoms with van der Waals surface area (Å²) in [6.07, 6.45) is -2.21. The van der Waals surface area contributed by atoms with Crippen molar-refractivity contribution in [1.82, 2.24) is 5.32 Å². The molecule has 1 aliphatic carbocycles. The van der Waals surface area contributed by atoms with E-state index in [4.69, 9.17) is 12.2 Å². The number of hydrogen-bond donors (Lipinski definition) is 2. The zero-order chi connectivity index (χ0) is 12.5. The van der Waals surface area contributed by atoms with Crippen molar-refractivity contribution in [1.29, 1.82) is 0 Å². The fourth-order valence-electron chi connectivity index (χ4n) is 1.35. The molecule has 0 spiro atoms. The van der Waals surface area contributed by atoms with Gasteiger partial charge in [0.15, 0.2) is 5.11 Å². The first-order valence-corrected chi connectivity index (χ1v) is 5.61. The van der Waals surface area contributed by atoms with E-state index in [1.165, 1.54) is 6.07 Å². The second kappa shape index (κ2) is 4.52. The third-order valence-corrected chi connectivity index (χ3v) is 2.58. The van der Waals surface area contributed by atoms with Crippen LogP contribution in [0.15, 0.2) is 24.3 Å². The molecule has 92 valence electrons. The molecule has 1 saturated carbocycles. The summed E-state index contributed by atoms with van der Waals surface area (Å²) in [5.74, 6) is 0. The lowest BCUT2D eigenvalue weighted by atomic mass is 10.2. The van der Waals surface area contributed by atoms with Crippen LogP contribution in [-0.2, 0) is 6.18 Å². The van der Waals surface area contributed by atoms with Crippen LogP contribution < -0.4 is 10.6 Å². The van der Waals surface area contributed by atoms with Crippen LogP contribution in [0.3, 0.4) is 0 Å². The number of alkyl halides is 3. The van der Waals surface area contributed by atoms with E-state index in [1.54, 1.807) is 6.07 Å². The van der Waals surface area contributed by atoms with Crippen molar-refractivity contribution in [3.63, 3.8) is 0 Å². The molecule has 1 aromatic carbocycles. The first-order valence-electron chi connectivity index (χ1n) is 5.20. The molecule has 0 amide bonds. The lowest BCUT2D eigenvalue weighted by molar-refractivity contribution is -0.137. The molecule has 0 heterocycles. The third kappa shape index (κ3) is 3.59. The molecular formula is C11H11F3N2S. The van der Waals surface area contributed by atoms with E-state index in [-0.39, 0.29) is 0 Å². The number of thiocarbonyl (C=S) groups is 1. The fourth-order valence-corrected chi connectivity index (χ4v) is 1.64. The number of hydrogen-bond acceptors (Lipinski definition) is 1. The molecule has 0 aliphatic heterocycles. The Bertz CT molecular complexity index is 427. The van der Waals surface area contributed by atoms with Gasteiger partial charge in [0.05, 0.1) is 5.56 Å². The van der Waals surface area contributed by atoms with Crippen LogP contribution >= 0.6 is 12.2 Å². The molecule has 0 unspecified atom stereocenters.